The summed E-state index contributed by atoms with van der Waals surface area (Å²) in [6, 6.07) is 3.51. The van der Waals surface area contributed by atoms with Crippen molar-refractivity contribution in [2.45, 2.75) is 12.3 Å². The molecule has 0 saturated carbocycles. The highest BCUT2D eigenvalue weighted by Gasteiger charge is 2.23. The van der Waals surface area contributed by atoms with Crippen LogP contribution < -0.4 is 0 Å². The molecule has 0 aromatic carbocycles. The molecule has 3 heterocycles. The Bertz CT molecular complexity index is 590. The highest BCUT2D eigenvalue weighted by molar-refractivity contribution is 7.99. The summed E-state index contributed by atoms with van der Waals surface area (Å²) in [5.41, 5.74) is 1.30. The lowest BCUT2D eigenvalue weighted by atomic mass is 10.1. The van der Waals surface area contributed by atoms with Crippen molar-refractivity contribution in [2.75, 3.05) is 18.6 Å². The van der Waals surface area contributed by atoms with Crippen LogP contribution >= 0.6 is 11.8 Å². The van der Waals surface area contributed by atoms with Crippen molar-refractivity contribution in [3.63, 3.8) is 0 Å². The first kappa shape index (κ1) is 11.5. The molecular formula is C12H13N3O2S. The number of pyridine rings is 1. The minimum Gasteiger partial charge on any atom is -0.465 e. The van der Waals surface area contributed by atoms with E-state index in [0.717, 1.165) is 29.4 Å². The molecule has 2 aromatic rings. The van der Waals surface area contributed by atoms with Crippen molar-refractivity contribution in [1.29, 1.82) is 0 Å². The molecule has 3 rings (SSSR count). The third-order valence-electron chi connectivity index (χ3n) is 3.14. The molecule has 5 nitrogen and oxygen atoms in total. The van der Waals surface area contributed by atoms with Gasteiger partial charge < -0.3 is 4.74 Å². The maximum absolute atomic E-state index is 11.5. The molecule has 94 valence electrons. The van der Waals surface area contributed by atoms with E-state index >= 15 is 0 Å². The monoisotopic (exact) mass is 263 g/mol. The zero-order chi connectivity index (χ0) is 12.5. The average Bonchev–Trinajstić information content (AvgIpc) is 3.05. The van der Waals surface area contributed by atoms with E-state index in [4.69, 9.17) is 4.74 Å². The molecule has 0 bridgehead atoms. The van der Waals surface area contributed by atoms with Gasteiger partial charge in [-0.05, 0) is 24.3 Å². The van der Waals surface area contributed by atoms with Crippen molar-refractivity contribution < 1.29 is 9.53 Å². The molecule has 0 aliphatic carbocycles. The Balaban J connectivity index is 2.07. The largest absolute Gasteiger partial charge is 0.465 e. The molecule has 0 N–H and O–H groups in total. The van der Waals surface area contributed by atoms with Crippen LogP contribution in [0.1, 0.15) is 28.5 Å². The fourth-order valence-electron chi connectivity index (χ4n) is 2.16. The highest BCUT2D eigenvalue weighted by atomic mass is 32.2. The summed E-state index contributed by atoms with van der Waals surface area (Å²) in [6.45, 7) is 0. The second kappa shape index (κ2) is 4.61. The number of hydrogen-bond acceptors (Lipinski definition) is 5. The predicted octanol–water partition coefficient (Wildman–Crippen LogP) is 1.74. The Kier molecular flexibility index (Phi) is 2.95. The molecule has 18 heavy (non-hydrogen) atoms. The van der Waals surface area contributed by atoms with Crippen molar-refractivity contribution >= 4 is 23.4 Å². The molecule has 0 amide bonds. The smallest absolute Gasteiger partial charge is 0.339 e. The second-order valence-electron chi connectivity index (χ2n) is 4.26. The number of aromatic nitrogens is 3. The molecule has 6 heteroatoms. The van der Waals surface area contributed by atoms with Crippen LogP contribution in [0.25, 0.3) is 5.65 Å². The maximum Gasteiger partial charge on any atom is 0.339 e. The Labute approximate surface area is 109 Å². The first-order valence-electron chi connectivity index (χ1n) is 5.80. The Hall–Kier alpha value is -1.56. The lowest BCUT2D eigenvalue weighted by Gasteiger charge is -2.06. The number of thioether (sulfide) groups is 1. The van der Waals surface area contributed by atoms with Gasteiger partial charge in [-0.15, -0.1) is 10.2 Å². The number of hydrogen-bond donors (Lipinski definition) is 0. The van der Waals surface area contributed by atoms with E-state index in [1.807, 2.05) is 16.2 Å². The van der Waals surface area contributed by atoms with Crippen LogP contribution in [0.5, 0.6) is 0 Å². The minimum atomic E-state index is -0.336. The molecule has 0 radical (unpaired) electrons. The van der Waals surface area contributed by atoms with Gasteiger partial charge in [-0.2, -0.15) is 11.8 Å². The van der Waals surface area contributed by atoms with Crippen LogP contribution in [0.3, 0.4) is 0 Å². The molecular weight excluding hydrogens is 250 g/mol. The fourth-order valence-corrected chi connectivity index (χ4v) is 3.38. The van der Waals surface area contributed by atoms with E-state index in [9.17, 15) is 4.79 Å². The maximum atomic E-state index is 11.5. The highest BCUT2D eigenvalue weighted by Crippen LogP contribution is 2.31. The number of carbonyl (C=O) groups excluding carboxylic acids is 1. The number of rotatable bonds is 2. The van der Waals surface area contributed by atoms with E-state index in [2.05, 4.69) is 10.2 Å². The predicted molar refractivity (Wildman–Crippen MR) is 69.0 cm³/mol. The molecule has 1 unspecified atom stereocenters. The molecule has 1 aliphatic rings. The van der Waals surface area contributed by atoms with Gasteiger partial charge in [-0.1, -0.05) is 0 Å². The van der Waals surface area contributed by atoms with Gasteiger partial charge >= 0.3 is 5.97 Å². The lowest BCUT2D eigenvalue weighted by Crippen LogP contribution is -2.06. The van der Waals surface area contributed by atoms with Crippen molar-refractivity contribution in [1.82, 2.24) is 14.6 Å². The first-order valence-corrected chi connectivity index (χ1v) is 6.96. The number of nitrogens with zero attached hydrogens (tertiary/aromatic N) is 3. The van der Waals surface area contributed by atoms with Crippen LogP contribution in [0, 0.1) is 0 Å². The summed E-state index contributed by atoms with van der Waals surface area (Å²) in [5.74, 6) is 3.27. The third kappa shape index (κ3) is 1.86. The zero-order valence-electron chi connectivity index (χ0n) is 10.00. The summed E-state index contributed by atoms with van der Waals surface area (Å²) in [7, 11) is 1.38. The van der Waals surface area contributed by atoms with Crippen LogP contribution in [0.4, 0.5) is 0 Å². The van der Waals surface area contributed by atoms with Crippen LogP contribution in [0.15, 0.2) is 18.3 Å². The van der Waals surface area contributed by atoms with Gasteiger partial charge in [0, 0.05) is 17.9 Å². The van der Waals surface area contributed by atoms with Gasteiger partial charge in [0.25, 0.3) is 0 Å². The van der Waals surface area contributed by atoms with Crippen molar-refractivity contribution in [2.24, 2.45) is 0 Å². The fraction of sp³-hybridized carbons (Fsp3) is 0.417. The SMILES string of the molecule is COC(=O)c1ccc2nnc(C3CCSC3)n2c1. The van der Waals surface area contributed by atoms with E-state index in [0.29, 0.717) is 11.5 Å². The molecule has 1 fully saturated rings. The standard InChI is InChI=1S/C12H13N3O2S/c1-17-12(16)8-2-3-10-13-14-11(15(10)6-8)9-4-5-18-7-9/h2-3,6,9H,4-5,7H2,1H3. The average molecular weight is 263 g/mol. The van der Waals surface area contributed by atoms with E-state index < -0.39 is 0 Å². The minimum absolute atomic E-state index is 0.336. The second-order valence-corrected chi connectivity index (χ2v) is 5.41. The zero-order valence-corrected chi connectivity index (χ0v) is 10.8. The van der Waals surface area contributed by atoms with Gasteiger partial charge in [-0.25, -0.2) is 4.79 Å². The Morgan fingerprint density at radius 1 is 1.50 bits per heavy atom. The summed E-state index contributed by atoms with van der Waals surface area (Å²) in [4.78, 5) is 11.5. The van der Waals surface area contributed by atoms with Gasteiger partial charge in [0.05, 0.1) is 12.7 Å². The molecule has 1 saturated heterocycles. The Morgan fingerprint density at radius 2 is 2.39 bits per heavy atom. The lowest BCUT2D eigenvalue weighted by molar-refractivity contribution is 0.0600. The van der Waals surface area contributed by atoms with E-state index in [-0.39, 0.29) is 5.97 Å². The summed E-state index contributed by atoms with van der Waals surface area (Å²) < 4.78 is 6.64. The topological polar surface area (TPSA) is 56.5 Å². The van der Waals surface area contributed by atoms with Gasteiger partial charge in [0.1, 0.15) is 5.82 Å². The molecule has 0 spiro atoms. The van der Waals surface area contributed by atoms with Crippen LogP contribution in [-0.2, 0) is 4.74 Å². The normalized spacial score (nSPS) is 19.3. The number of methoxy groups -OCH3 is 1. The summed E-state index contributed by atoms with van der Waals surface area (Å²) >= 11 is 1.93. The molecule has 2 aromatic heterocycles. The number of carbonyl (C=O) groups is 1. The Morgan fingerprint density at radius 3 is 3.11 bits per heavy atom. The van der Waals surface area contributed by atoms with Gasteiger partial charge in [-0.3, -0.25) is 4.40 Å². The summed E-state index contributed by atoms with van der Waals surface area (Å²) in [6.07, 6.45) is 2.88. The van der Waals surface area contributed by atoms with E-state index in [1.165, 1.54) is 7.11 Å². The molecule has 1 atom stereocenters. The number of ether oxygens (including phenoxy) is 1. The first-order chi connectivity index (χ1) is 8.79. The summed E-state index contributed by atoms with van der Waals surface area (Å²) in [5, 5.41) is 8.39. The van der Waals surface area contributed by atoms with Crippen molar-refractivity contribution in [3.05, 3.63) is 29.7 Å². The van der Waals surface area contributed by atoms with E-state index in [1.54, 1.807) is 18.3 Å². The quantitative estimate of drug-likeness (QED) is 0.772. The van der Waals surface area contributed by atoms with Crippen LogP contribution in [0.2, 0.25) is 0 Å². The van der Waals surface area contributed by atoms with Crippen LogP contribution in [-0.4, -0.2) is 39.2 Å². The number of esters is 1. The molecule has 1 aliphatic heterocycles. The van der Waals surface area contributed by atoms with Crippen molar-refractivity contribution in [3.8, 4) is 0 Å². The van der Waals surface area contributed by atoms with Gasteiger partial charge in [0.15, 0.2) is 5.65 Å². The third-order valence-corrected chi connectivity index (χ3v) is 4.31. The number of fused-ring (bicyclic) bond motifs is 1. The van der Waals surface area contributed by atoms with Gasteiger partial charge in [0.2, 0.25) is 0 Å².